The first-order valence-corrected chi connectivity index (χ1v) is 9.88. The third-order valence-electron chi connectivity index (χ3n) is 5.96. The summed E-state index contributed by atoms with van der Waals surface area (Å²) in [5, 5.41) is 11.6. The van der Waals surface area contributed by atoms with Crippen molar-refractivity contribution in [1.82, 2.24) is 4.90 Å². The lowest BCUT2D eigenvalue weighted by molar-refractivity contribution is -0.0711. The maximum Gasteiger partial charge on any atom is 0.170 e. The van der Waals surface area contributed by atoms with Crippen LogP contribution in [0.25, 0.3) is 0 Å². The molecule has 0 aromatic heterocycles. The fraction of sp³-hybridized carbons (Fsp3) is 0.435. The number of hydrogen-bond donors (Lipinski definition) is 1. The van der Waals surface area contributed by atoms with Gasteiger partial charge in [-0.05, 0) is 24.8 Å². The number of hydrogen-bond acceptors (Lipinski definition) is 4. The van der Waals surface area contributed by atoms with E-state index in [4.69, 9.17) is 4.74 Å². The number of likely N-dealkylation sites (tertiary alicyclic amines) is 1. The van der Waals surface area contributed by atoms with Crippen molar-refractivity contribution in [3.63, 3.8) is 0 Å². The van der Waals surface area contributed by atoms with E-state index < -0.39 is 11.5 Å². The Hall–Kier alpha value is -2.01. The summed E-state index contributed by atoms with van der Waals surface area (Å²) in [7, 11) is 0. The summed E-state index contributed by atoms with van der Waals surface area (Å²) in [6.45, 7) is 2.99. The van der Waals surface area contributed by atoms with Crippen LogP contribution in [-0.4, -0.2) is 48.1 Å². The summed E-state index contributed by atoms with van der Waals surface area (Å²) in [6.07, 6.45) is 2.99. The molecule has 1 N–H and O–H groups in total. The highest BCUT2D eigenvalue weighted by Gasteiger charge is 2.47. The first-order valence-electron chi connectivity index (χ1n) is 9.88. The van der Waals surface area contributed by atoms with Gasteiger partial charge in [0.15, 0.2) is 5.78 Å². The minimum absolute atomic E-state index is 0.0130. The summed E-state index contributed by atoms with van der Waals surface area (Å²) < 4.78 is 5.78. The van der Waals surface area contributed by atoms with E-state index in [2.05, 4.69) is 4.90 Å². The van der Waals surface area contributed by atoms with Gasteiger partial charge >= 0.3 is 0 Å². The smallest absolute Gasteiger partial charge is 0.170 e. The summed E-state index contributed by atoms with van der Waals surface area (Å²) >= 11 is 0. The molecular weight excluding hydrogens is 338 g/mol. The number of ketones is 1. The van der Waals surface area contributed by atoms with Gasteiger partial charge in [-0.1, -0.05) is 60.7 Å². The van der Waals surface area contributed by atoms with Gasteiger partial charge in [0.2, 0.25) is 0 Å². The molecular formula is C23H27NO3. The number of piperidine rings is 1. The molecule has 0 amide bonds. The molecule has 142 valence electrons. The molecule has 2 aliphatic rings. The Labute approximate surface area is 160 Å². The Morgan fingerprint density at radius 1 is 1.11 bits per heavy atom. The summed E-state index contributed by atoms with van der Waals surface area (Å²) in [4.78, 5) is 15.6. The molecule has 0 spiro atoms. The predicted molar refractivity (Wildman–Crippen MR) is 105 cm³/mol. The van der Waals surface area contributed by atoms with Crippen LogP contribution in [0.4, 0.5) is 0 Å². The van der Waals surface area contributed by atoms with Gasteiger partial charge in [-0.15, -0.1) is 0 Å². The highest BCUT2D eigenvalue weighted by Crippen LogP contribution is 2.39. The highest BCUT2D eigenvalue weighted by molar-refractivity contribution is 5.99. The zero-order valence-electron chi connectivity index (χ0n) is 15.6. The molecule has 27 heavy (non-hydrogen) atoms. The van der Waals surface area contributed by atoms with Gasteiger partial charge < -0.3 is 9.84 Å². The van der Waals surface area contributed by atoms with Crippen LogP contribution in [-0.2, 0) is 10.3 Å². The highest BCUT2D eigenvalue weighted by atomic mass is 16.5. The van der Waals surface area contributed by atoms with Crippen LogP contribution >= 0.6 is 0 Å². The van der Waals surface area contributed by atoms with Gasteiger partial charge in [-0.3, -0.25) is 9.69 Å². The van der Waals surface area contributed by atoms with Crippen LogP contribution in [0.5, 0.6) is 0 Å². The monoisotopic (exact) mass is 365 g/mol. The maximum absolute atomic E-state index is 13.4. The number of carbonyl (C=O) groups is 1. The predicted octanol–water partition coefficient (Wildman–Crippen LogP) is 3.26. The number of Topliss-reactive ketones (excluding diaryl/α,β-unsaturated/α-hetero) is 1. The fourth-order valence-corrected chi connectivity index (χ4v) is 4.42. The largest absolute Gasteiger partial charge is 0.384 e. The number of nitrogens with zero attached hydrogens (tertiary/aromatic N) is 1. The van der Waals surface area contributed by atoms with Gasteiger partial charge in [-0.2, -0.15) is 0 Å². The van der Waals surface area contributed by atoms with Crippen LogP contribution in [0.3, 0.4) is 0 Å². The number of carbonyl (C=O) groups excluding carboxylic acids is 1. The average molecular weight is 365 g/mol. The van der Waals surface area contributed by atoms with Crippen LogP contribution in [0.2, 0.25) is 0 Å². The molecule has 0 bridgehead atoms. The standard InChI is InChI=1S/C23H27NO3/c25-22(18-8-3-1-4-9-18)21-17-24(16-20-12-7-15-27-20)14-13-23(21,26)19-10-5-2-6-11-19/h1-6,8-11,20-21,26H,7,12-17H2/t20-,21+,23-/m0/s1. The summed E-state index contributed by atoms with van der Waals surface area (Å²) in [5.74, 6) is -0.476. The van der Waals surface area contributed by atoms with E-state index in [1.165, 1.54) is 0 Å². The Morgan fingerprint density at radius 2 is 1.81 bits per heavy atom. The second-order valence-corrected chi connectivity index (χ2v) is 7.72. The van der Waals surface area contributed by atoms with Crippen LogP contribution in [0.15, 0.2) is 60.7 Å². The molecule has 0 saturated carbocycles. The van der Waals surface area contributed by atoms with E-state index >= 15 is 0 Å². The number of rotatable bonds is 5. The topological polar surface area (TPSA) is 49.8 Å². The molecule has 2 aromatic carbocycles. The van der Waals surface area contributed by atoms with Crippen molar-refractivity contribution < 1.29 is 14.6 Å². The quantitative estimate of drug-likeness (QED) is 0.827. The third-order valence-corrected chi connectivity index (χ3v) is 5.96. The summed E-state index contributed by atoms with van der Waals surface area (Å²) in [5.41, 5.74) is 0.355. The summed E-state index contributed by atoms with van der Waals surface area (Å²) in [6, 6.07) is 19.0. The molecule has 2 saturated heterocycles. The van der Waals surface area contributed by atoms with E-state index in [1.807, 2.05) is 60.7 Å². The first-order chi connectivity index (χ1) is 13.2. The van der Waals surface area contributed by atoms with Gasteiger partial charge in [0.1, 0.15) is 5.60 Å². The zero-order valence-corrected chi connectivity index (χ0v) is 15.6. The Kier molecular flexibility index (Phi) is 5.39. The third kappa shape index (κ3) is 3.84. The van der Waals surface area contributed by atoms with Crippen molar-refractivity contribution in [2.75, 3.05) is 26.2 Å². The molecule has 2 aliphatic heterocycles. The molecule has 4 heteroatoms. The van der Waals surface area contributed by atoms with E-state index in [0.717, 1.165) is 38.1 Å². The molecule has 4 rings (SSSR count). The fourth-order valence-electron chi connectivity index (χ4n) is 4.42. The van der Waals surface area contributed by atoms with Crippen LogP contribution < -0.4 is 0 Å². The molecule has 4 nitrogen and oxygen atoms in total. The number of benzene rings is 2. The molecule has 2 fully saturated rings. The van der Waals surface area contributed by atoms with E-state index in [0.29, 0.717) is 18.5 Å². The van der Waals surface area contributed by atoms with E-state index in [-0.39, 0.29) is 11.9 Å². The van der Waals surface area contributed by atoms with Gasteiger partial charge in [0.25, 0.3) is 0 Å². The number of aliphatic hydroxyl groups is 1. The van der Waals surface area contributed by atoms with Gasteiger partial charge in [0, 0.05) is 31.8 Å². The van der Waals surface area contributed by atoms with Gasteiger partial charge in [-0.25, -0.2) is 0 Å². The lowest BCUT2D eigenvalue weighted by Crippen LogP contribution is -2.54. The minimum atomic E-state index is -1.14. The van der Waals surface area contributed by atoms with E-state index in [9.17, 15) is 9.90 Å². The first kappa shape index (κ1) is 18.4. The Balaban J connectivity index is 1.61. The second-order valence-electron chi connectivity index (χ2n) is 7.72. The minimum Gasteiger partial charge on any atom is -0.384 e. The molecule has 0 unspecified atom stereocenters. The lowest BCUT2D eigenvalue weighted by atomic mass is 9.72. The van der Waals surface area contributed by atoms with Crippen LogP contribution in [0, 0.1) is 5.92 Å². The van der Waals surface area contributed by atoms with Crippen molar-refractivity contribution in [1.29, 1.82) is 0 Å². The molecule has 0 aliphatic carbocycles. The number of ether oxygens (including phenoxy) is 1. The maximum atomic E-state index is 13.4. The SMILES string of the molecule is O=C(c1ccccc1)[C@H]1CN(C[C@@H]2CCCO2)CC[C@]1(O)c1ccccc1. The second kappa shape index (κ2) is 7.93. The van der Waals surface area contributed by atoms with Crippen molar-refractivity contribution in [3.8, 4) is 0 Å². The Bertz CT molecular complexity index is 758. The van der Waals surface area contributed by atoms with Crippen molar-refractivity contribution in [2.45, 2.75) is 31.0 Å². The molecule has 2 aromatic rings. The van der Waals surface area contributed by atoms with Gasteiger partial charge in [0.05, 0.1) is 12.0 Å². The zero-order chi connectivity index (χ0) is 18.7. The molecule has 0 radical (unpaired) electrons. The normalized spacial score (nSPS) is 28.9. The molecule has 2 heterocycles. The lowest BCUT2D eigenvalue weighted by Gasteiger charge is -2.44. The van der Waals surface area contributed by atoms with Crippen LogP contribution in [0.1, 0.15) is 35.2 Å². The van der Waals surface area contributed by atoms with Crippen molar-refractivity contribution in [3.05, 3.63) is 71.8 Å². The van der Waals surface area contributed by atoms with Crippen molar-refractivity contribution in [2.24, 2.45) is 5.92 Å². The average Bonchev–Trinajstić information content (AvgIpc) is 3.23. The molecule has 3 atom stereocenters. The van der Waals surface area contributed by atoms with E-state index in [1.54, 1.807) is 0 Å². The van der Waals surface area contributed by atoms with Crippen molar-refractivity contribution >= 4 is 5.78 Å². The Morgan fingerprint density at radius 3 is 2.48 bits per heavy atom.